The number of hydrogen-bond donors (Lipinski definition) is 1. The molecule has 0 bridgehead atoms. The molecule has 2 aromatic heterocycles. The lowest BCUT2D eigenvalue weighted by Gasteiger charge is -2.07. The van der Waals surface area contributed by atoms with Crippen molar-refractivity contribution in [2.75, 3.05) is 0 Å². The Morgan fingerprint density at radius 3 is 2.70 bits per heavy atom. The van der Waals surface area contributed by atoms with Crippen LogP contribution in [0.25, 0.3) is 10.6 Å². The van der Waals surface area contributed by atoms with Gasteiger partial charge in [-0.2, -0.15) is 5.10 Å². The van der Waals surface area contributed by atoms with Gasteiger partial charge in [0, 0.05) is 18.6 Å². The number of aryl methyl sites for hydroxylation is 3. The van der Waals surface area contributed by atoms with Crippen LogP contribution in [0.5, 0.6) is 0 Å². The molecule has 0 aliphatic carbocycles. The van der Waals surface area contributed by atoms with Crippen LogP contribution in [0.2, 0.25) is 5.02 Å². The summed E-state index contributed by atoms with van der Waals surface area (Å²) >= 11 is 7.19. The second-order valence-corrected chi connectivity index (χ2v) is 7.70. The highest BCUT2D eigenvalue weighted by Crippen LogP contribution is 2.28. The maximum atomic E-state index is 12.6. The first kappa shape index (κ1) is 19.3. The Balaban J connectivity index is 1.89. The summed E-state index contributed by atoms with van der Waals surface area (Å²) in [5.41, 5.74) is 3.30. The van der Waals surface area contributed by atoms with Crippen LogP contribution in [0.3, 0.4) is 0 Å². The van der Waals surface area contributed by atoms with Gasteiger partial charge in [-0.15, -0.1) is 11.3 Å². The van der Waals surface area contributed by atoms with Crippen LogP contribution in [0, 0.1) is 20.8 Å². The molecular weight excluding hydrogens is 384 g/mol. The summed E-state index contributed by atoms with van der Waals surface area (Å²) < 4.78 is 1.30. The van der Waals surface area contributed by atoms with Gasteiger partial charge in [-0.25, -0.2) is 9.67 Å². The van der Waals surface area contributed by atoms with E-state index in [2.05, 4.69) is 15.4 Å². The minimum atomic E-state index is -0.225. The van der Waals surface area contributed by atoms with Crippen molar-refractivity contribution in [2.24, 2.45) is 7.05 Å². The SMILES string of the molecule is Cc1nc(-c2c(C)c(C)nn(C)c2=O)sc1C(=O)NCc1cccc(Cl)c1. The summed E-state index contributed by atoms with van der Waals surface area (Å²) in [6.45, 7) is 5.81. The molecule has 0 saturated heterocycles. The van der Waals surface area contributed by atoms with Crippen molar-refractivity contribution in [2.45, 2.75) is 27.3 Å². The number of benzene rings is 1. The van der Waals surface area contributed by atoms with E-state index in [0.29, 0.717) is 32.7 Å². The van der Waals surface area contributed by atoms with Crippen LogP contribution < -0.4 is 10.9 Å². The Morgan fingerprint density at radius 2 is 2.00 bits per heavy atom. The van der Waals surface area contributed by atoms with Gasteiger partial charge in [0.25, 0.3) is 11.5 Å². The molecule has 0 spiro atoms. The van der Waals surface area contributed by atoms with Crippen molar-refractivity contribution >= 4 is 28.8 Å². The maximum absolute atomic E-state index is 12.6. The van der Waals surface area contributed by atoms with Crippen molar-refractivity contribution in [3.05, 3.63) is 67.0 Å². The second-order valence-electron chi connectivity index (χ2n) is 6.26. The number of halogens is 1. The second kappa shape index (κ2) is 7.62. The van der Waals surface area contributed by atoms with E-state index in [1.165, 1.54) is 16.0 Å². The molecular formula is C19H19ClN4O2S. The third-order valence-electron chi connectivity index (χ3n) is 4.28. The Kier molecular flexibility index (Phi) is 5.43. The molecule has 0 unspecified atom stereocenters. The lowest BCUT2D eigenvalue weighted by molar-refractivity contribution is 0.0954. The molecule has 1 N–H and O–H groups in total. The quantitative estimate of drug-likeness (QED) is 0.725. The molecule has 6 nitrogen and oxygen atoms in total. The number of aromatic nitrogens is 3. The minimum absolute atomic E-state index is 0.224. The van der Waals surface area contributed by atoms with Gasteiger partial charge >= 0.3 is 0 Å². The fourth-order valence-corrected chi connectivity index (χ4v) is 4.01. The Morgan fingerprint density at radius 1 is 1.26 bits per heavy atom. The predicted molar refractivity (Wildman–Crippen MR) is 107 cm³/mol. The topological polar surface area (TPSA) is 76.9 Å². The lowest BCUT2D eigenvalue weighted by atomic mass is 10.1. The van der Waals surface area contributed by atoms with E-state index in [1.54, 1.807) is 26.1 Å². The zero-order valence-corrected chi connectivity index (χ0v) is 17.0. The monoisotopic (exact) mass is 402 g/mol. The number of thiazole rings is 1. The van der Waals surface area contributed by atoms with Crippen LogP contribution in [0.15, 0.2) is 29.1 Å². The highest BCUT2D eigenvalue weighted by Gasteiger charge is 2.20. The molecule has 140 valence electrons. The maximum Gasteiger partial charge on any atom is 0.277 e. The smallest absolute Gasteiger partial charge is 0.277 e. The number of carbonyl (C=O) groups excluding carboxylic acids is 1. The van der Waals surface area contributed by atoms with E-state index in [9.17, 15) is 9.59 Å². The van der Waals surface area contributed by atoms with Crippen molar-refractivity contribution in [3.63, 3.8) is 0 Å². The molecule has 8 heteroatoms. The summed E-state index contributed by atoms with van der Waals surface area (Å²) in [5, 5.41) is 8.22. The largest absolute Gasteiger partial charge is 0.347 e. The molecule has 0 saturated carbocycles. The predicted octanol–water partition coefficient (Wildman–Crippen LogP) is 3.41. The molecule has 0 aliphatic heterocycles. The van der Waals surface area contributed by atoms with Gasteiger partial charge in [0.2, 0.25) is 0 Å². The van der Waals surface area contributed by atoms with Gasteiger partial charge in [0.15, 0.2) is 0 Å². The van der Waals surface area contributed by atoms with E-state index in [4.69, 9.17) is 11.6 Å². The van der Waals surface area contributed by atoms with E-state index in [0.717, 1.165) is 16.8 Å². The fraction of sp³-hybridized carbons (Fsp3) is 0.263. The molecule has 0 aliphatic rings. The van der Waals surface area contributed by atoms with Crippen LogP contribution in [-0.4, -0.2) is 20.7 Å². The number of nitrogens with zero attached hydrogens (tertiary/aromatic N) is 3. The van der Waals surface area contributed by atoms with Crippen molar-refractivity contribution in [3.8, 4) is 10.6 Å². The molecule has 2 heterocycles. The van der Waals surface area contributed by atoms with Gasteiger partial charge in [-0.3, -0.25) is 9.59 Å². The van der Waals surface area contributed by atoms with Crippen LogP contribution >= 0.6 is 22.9 Å². The molecule has 27 heavy (non-hydrogen) atoms. The summed E-state index contributed by atoms with van der Waals surface area (Å²) in [4.78, 5) is 30.1. The number of nitrogens with one attached hydrogen (secondary N) is 1. The first-order valence-electron chi connectivity index (χ1n) is 8.33. The Hall–Kier alpha value is -2.51. The zero-order valence-electron chi connectivity index (χ0n) is 15.5. The standard InChI is InChI=1S/C19H19ClN4O2S/c1-10-11(2)23-24(4)19(26)15(10)18-22-12(3)16(27-18)17(25)21-9-13-6-5-7-14(20)8-13/h5-8H,9H2,1-4H3,(H,21,25). The number of amides is 1. The normalized spacial score (nSPS) is 10.9. The average molecular weight is 403 g/mol. The molecule has 0 fully saturated rings. The van der Waals surface area contributed by atoms with Crippen LogP contribution in [0.1, 0.15) is 32.2 Å². The summed E-state index contributed by atoms with van der Waals surface area (Å²) in [7, 11) is 1.61. The number of hydrogen-bond acceptors (Lipinski definition) is 5. The Bertz CT molecular complexity index is 1090. The third kappa shape index (κ3) is 3.94. The molecule has 1 aromatic carbocycles. The van der Waals surface area contributed by atoms with Gasteiger partial charge in [-0.05, 0) is 44.0 Å². The summed E-state index contributed by atoms with van der Waals surface area (Å²) in [6, 6.07) is 7.32. The van der Waals surface area contributed by atoms with Crippen molar-refractivity contribution in [1.82, 2.24) is 20.1 Å². The summed E-state index contributed by atoms with van der Waals surface area (Å²) in [6.07, 6.45) is 0. The van der Waals surface area contributed by atoms with Crippen molar-refractivity contribution < 1.29 is 4.79 Å². The van der Waals surface area contributed by atoms with Gasteiger partial charge in [0.05, 0.1) is 17.0 Å². The average Bonchev–Trinajstić information content (AvgIpc) is 3.00. The van der Waals surface area contributed by atoms with E-state index in [1.807, 2.05) is 26.0 Å². The highest BCUT2D eigenvalue weighted by atomic mass is 35.5. The summed E-state index contributed by atoms with van der Waals surface area (Å²) in [5.74, 6) is -0.225. The first-order valence-corrected chi connectivity index (χ1v) is 9.52. The van der Waals surface area contributed by atoms with E-state index >= 15 is 0 Å². The number of carbonyl (C=O) groups is 1. The van der Waals surface area contributed by atoms with Gasteiger partial charge < -0.3 is 5.32 Å². The highest BCUT2D eigenvalue weighted by molar-refractivity contribution is 7.17. The van der Waals surface area contributed by atoms with Gasteiger partial charge in [-0.1, -0.05) is 23.7 Å². The molecule has 3 aromatic rings. The minimum Gasteiger partial charge on any atom is -0.347 e. The van der Waals surface area contributed by atoms with E-state index in [-0.39, 0.29) is 11.5 Å². The lowest BCUT2D eigenvalue weighted by Crippen LogP contribution is -2.23. The first-order chi connectivity index (χ1) is 12.8. The fourth-order valence-electron chi connectivity index (χ4n) is 2.72. The Labute approximate surface area is 165 Å². The van der Waals surface area contributed by atoms with E-state index < -0.39 is 0 Å². The number of rotatable bonds is 4. The molecule has 3 rings (SSSR count). The molecule has 1 amide bonds. The molecule has 0 radical (unpaired) electrons. The van der Waals surface area contributed by atoms with Crippen LogP contribution in [0.4, 0.5) is 0 Å². The zero-order chi connectivity index (χ0) is 19.7. The van der Waals surface area contributed by atoms with Gasteiger partial charge in [0.1, 0.15) is 9.88 Å². The molecule has 0 atom stereocenters. The third-order valence-corrected chi connectivity index (χ3v) is 5.69. The van der Waals surface area contributed by atoms with Crippen LogP contribution in [-0.2, 0) is 13.6 Å². The van der Waals surface area contributed by atoms with Crippen molar-refractivity contribution in [1.29, 1.82) is 0 Å².